The molecule has 154 valence electrons. The van der Waals surface area contributed by atoms with Crippen molar-refractivity contribution in [3.63, 3.8) is 0 Å². The normalized spacial score (nSPS) is 11.4. The summed E-state index contributed by atoms with van der Waals surface area (Å²) in [4.78, 5) is 21.4. The van der Waals surface area contributed by atoms with E-state index in [-0.39, 0.29) is 5.82 Å². The Morgan fingerprint density at radius 1 is 0.844 bits per heavy atom. The van der Waals surface area contributed by atoms with Crippen LogP contribution in [0.5, 0.6) is 0 Å². The molecule has 0 saturated carbocycles. The smallest absolute Gasteiger partial charge is 0.161 e. The van der Waals surface area contributed by atoms with Gasteiger partial charge >= 0.3 is 0 Å². The van der Waals surface area contributed by atoms with Crippen LogP contribution in [0.3, 0.4) is 0 Å². The summed E-state index contributed by atoms with van der Waals surface area (Å²) < 4.78 is 14.0. The molecule has 0 aliphatic carbocycles. The van der Waals surface area contributed by atoms with Crippen molar-refractivity contribution < 1.29 is 4.39 Å². The predicted molar refractivity (Wildman–Crippen MR) is 120 cm³/mol. The fraction of sp³-hybridized carbons (Fsp3) is 0.0417. The second kappa shape index (κ2) is 7.05. The third-order valence-corrected chi connectivity index (χ3v) is 5.34. The van der Waals surface area contributed by atoms with Crippen LogP contribution in [0.15, 0.2) is 67.3 Å². The molecule has 6 aromatic rings. The van der Waals surface area contributed by atoms with Crippen molar-refractivity contribution in [1.82, 2.24) is 35.1 Å². The number of nitrogens with zero attached hydrogens (tertiary/aromatic N) is 5. The molecule has 0 atom stereocenters. The van der Waals surface area contributed by atoms with Gasteiger partial charge in [0.25, 0.3) is 0 Å². The molecule has 0 amide bonds. The number of aromatic nitrogens is 7. The zero-order valence-electron chi connectivity index (χ0n) is 17.0. The lowest BCUT2D eigenvalue weighted by Crippen LogP contribution is -1.88. The molecule has 0 aliphatic rings. The molecule has 0 fully saturated rings. The van der Waals surface area contributed by atoms with Crippen LogP contribution in [0.2, 0.25) is 0 Å². The average Bonchev–Trinajstić information content (AvgIpc) is 3.42. The molecule has 8 heteroatoms. The first-order valence-corrected chi connectivity index (χ1v) is 10.0. The second-order valence-corrected chi connectivity index (χ2v) is 7.59. The van der Waals surface area contributed by atoms with Crippen LogP contribution in [0, 0.1) is 12.7 Å². The van der Waals surface area contributed by atoms with E-state index in [9.17, 15) is 4.39 Å². The quantitative estimate of drug-likeness (QED) is 0.416. The number of fused-ring (bicyclic) bond motifs is 2. The summed E-state index contributed by atoms with van der Waals surface area (Å²) in [6.07, 6.45) is 6.90. The third kappa shape index (κ3) is 3.01. The highest BCUT2D eigenvalue weighted by Gasteiger charge is 2.17. The number of halogens is 1. The van der Waals surface area contributed by atoms with Crippen LogP contribution in [-0.4, -0.2) is 35.1 Å². The Balaban J connectivity index is 1.52. The van der Waals surface area contributed by atoms with Crippen molar-refractivity contribution >= 4 is 22.1 Å². The number of hydrogen-bond donors (Lipinski definition) is 2. The highest BCUT2D eigenvalue weighted by Crippen LogP contribution is 2.31. The van der Waals surface area contributed by atoms with Gasteiger partial charge in [0.1, 0.15) is 11.3 Å². The van der Waals surface area contributed by atoms with Gasteiger partial charge in [-0.2, -0.15) is 5.10 Å². The maximum absolute atomic E-state index is 14.0. The summed E-state index contributed by atoms with van der Waals surface area (Å²) in [6.45, 7) is 1.86. The zero-order valence-corrected chi connectivity index (χ0v) is 17.0. The van der Waals surface area contributed by atoms with Crippen LogP contribution < -0.4 is 0 Å². The number of aromatic amines is 2. The molecule has 0 spiro atoms. The number of rotatable bonds is 3. The van der Waals surface area contributed by atoms with Crippen molar-refractivity contribution in [2.75, 3.05) is 0 Å². The molecule has 32 heavy (non-hydrogen) atoms. The largest absolute Gasteiger partial charge is 0.335 e. The molecular weight excluding hydrogens is 405 g/mol. The van der Waals surface area contributed by atoms with E-state index in [4.69, 9.17) is 9.97 Å². The number of hydrogen-bond acceptors (Lipinski definition) is 5. The third-order valence-electron chi connectivity index (χ3n) is 5.34. The Morgan fingerprint density at radius 2 is 1.78 bits per heavy atom. The summed E-state index contributed by atoms with van der Waals surface area (Å²) in [5.74, 6) is 0.266. The van der Waals surface area contributed by atoms with Gasteiger partial charge in [0.2, 0.25) is 0 Å². The molecule has 0 bridgehead atoms. The minimum absolute atomic E-state index is 0.293. The van der Waals surface area contributed by atoms with E-state index in [1.54, 1.807) is 24.8 Å². The molecule has 0 radical (unpaired) electrons. The fourth-order valence-corrected chi connectivity index (χ4v) is 3.89. The first kappa shape index (κ1) is 18.3. The maximum Gasteiger partial charge on any atom is 0.161 e. The van der Waals surface area contributed by atoms with Gasteiger partial charge in [-0.1, -0.05) is 6.07 Å². The monoisotopic (exact) mass is 421 g/mol. The van der Waals surface area contributed by atoms with Crippen molar-refractivity contribution in [3.8, 4) is 33.9 Å². The van der Waals surface area contributed by atoms with Gasteiger partial charge in [-0.05, 0) is 54.4 Å². The SMILES string of the molecule is Cc1cc(F)cc(-c2cncc3[nH]c(-c4n[nH]c5ccc(-c6cccnc6)nc45)nc23)c1. The number of nitrogens with one attached hydrogen (secondary N) is 2. The van der Waals surface area contributed by atoms with Gasteiger partial charge in [-0.25, -0.2) is 14.4 Å². The Hall–Kier alpha value is -4.46. The van der Waals surface area contributed by atoms with Crippen molar-refractivity contribution in [2.24, 2.45) is 0 Å². The number of pyridine rings is 3. The van der Waals surface area contributed by atoms with Crippen molar-refractivity contribution in [2.45, 2.75) is 6.92 Å². The highest BCUT2D eigenvalue weighted by atomic mass is 19.1. The Kier molecular flexibility index (Phi) is 4.04. The topological polar surface area (TPSA) is 96.0 Å². The van der Waals surface area contributed by atoms with E-state index in [0.717, 1.165) is 39.0 Å². The molecule has 0 saturated heterocycles. The Morgan fingerprint density at radius 3 is 2.62 bits per heavy atom. The summed E-state index contributed by atoms with van der Waals surface area (Å²) in [5.41, 5.74) is 7.54. The minimum Gasteiger partial charge on any atom is -0.335 e. The average molecular weight is 421 g/mol. The number of imidazole rings is 1. The first-order chi connectivity index (χ1) is 15.7. The highest BCUT2D eigenvalue weighted by molar-refractivity contribution is 5.95. The number of benzene rings is 1. The lowest BCUT2D eigenvalue weighted by molar-refractivity contribution is 0.627. The van der Waals surface area contributed by atoms with Crippen LogP contribution in [0.1, 0.15) is 5.56 Å². The lowest BCUT2D eigenvalue weighted by atomic mass is 10.0. The van der Waals surface area contributed by atoms with E-state index in [2.05, 4.69) is 25.1 Å². The molecule has 2 N–H and O–H groups in total. The summed E-state index contributed by atoms with van der Waals surface area (Å²) in [7, 11) is 0. The van der Waals surface area contributed by atoms with Gasteiger partial charge in [-0.3, -0.25) is 15.1 Å². The van der Waals surface area contributed by atoms with E-state index in [1.165, 1.54) is 12.1 Å². The van der Waals surface area contributed by atoms with E-state index in [0.29, 0.717) is 22.6 Å². The van der Waals surface area contributed by atoms with Crippen molar-refractivity contribution in [1.29, 1.82) is 0 Å². The second-order valence-electron chi connectivity index (χ2n) is 7.59. The molecule has 0 unspecified atom stereocenters. The summed E-state index contributed by atoms with van der Waals surface area (Å²) >= 11 is 0. The Bertz CT molecular complexity index is 1580. The number of H-pyrrole nitrogens is 2. The van der Waals surface area contributed by atoms with E-state index in [1.807, 2.05) is 37.3 Å². The first-order valence-electron chi connectivity index (χ1n) is 10.0. The van der Waals surface area contributed by atoms with Crippen molar-refractivity contribution in [3.05, 3.63) is 78.6 Å². The predicted octanol–water partition coefficient (Wildman–Crippen LogP) is 5.07. The van der Waals surface area contributed by atoms with E-state index >= 15 is 0 Å². The maximum atomic E-state index is 14.0. The van der Waals surface area contributed by atoms with Gasteiger partial charge < -0.3 is 4.98 Å². The van der Waals surface area contributed by atoms with E-state index < -0.39 is 0 Å². The van der Waals surface area contributed by atoms with Gasteiger partial charge in [-0.15, -0.1) is 0 Å². The standard InChI is InChI=1S/C24H16FN7/c1-13-7-15(9-16(25)8-13)17-11-27-12-20-21(17)30-24(29-20)23-22-19(31-32-23)5-4-18(28-22)14-3-2-6-26-10-14/h2-12H,1H3,(H,29,30)(H,31,32). The van der Waals surface area contributed by atoms with Crippen LogP contribution in [0.4, 0.5) is 4.39 Å². The van der Waals surface area contributed by atoms with Gasteiger partial charge in [0, 0.05) is 29.7 Å². The molecular formula is C24H16FN7. The summed E-state index contributed by atoms with van der Waals surface area (Å²) in [5, 5.41) is 7.47. The molecule has 0 aliphatic heterocycles. The molecule has 5 heterocycles. The Labute approximate surface area is 181 Å². The molecule has 1 aromatic carbocycles. The lowest BCUT2D eigenvalue weighted by Gasteiger charge is -2.04. The fourth-order valence-electron chi connectivity index (χ4n) is 3.89. The van der Waals surface area contributed by atoms with Crippen LogP contribution in [-0.2, 0) is 0 Å². The van der Waals surface area contributed by atoms with Crippen LogP contribution in [0.25, 0.3) is 56.0 Å². The minimum atomic E-state index is -0.293. The molecule has 6 rings (SSSR count). The summed E-state index contributed by atoms with van der Waals surface area (Å²) in [6, 6.07) is 12.6. The molecule has 5 aromatic heterocycles. The van der Waals surface area contributed by atoms with Crippen LogP contribution >= 0.6 is 0 Å². The van der Waals surface area contributed by atoms with Gasteiger partial charge in [0.05, 0.1) is 28.4 Å². The molecule has 7 nitrogen and oxygen atoms in total. The zero-order chi connectivity index (χ0) is 21.7. The van der Waals surface area contributed by atoms with Gasteiger partial charge in [0.15, 0.2) is 11.5 Å². The number of aryl methyl sites for hydroxylation is 1.